The first-order chi connectivity index (χ1) is 5.58. The quantitative estimate of drug-likeness (QED) is 0.559. The Hall–Kier alpha value is -0.870. The predicted octanol–water partition coefficient (Wildman–Crippen LogP) is 1.33. The maximum absolute atomic E-state index is 5.72. The van der Waals surface area contributed by atoms with E-state index in [4.69, 9.17) is 11.6 Å². The summed E-state index contributed by atoms with van der Waals surface area (Å²) in [6.45, 7) is 1.80. The summed E-state index contributed by atoms with van der Waals surface area (Å²) in [6, 6.07) is 1.68. The fourth-order valence-corrected chi connectivity index (χ4v) is 1.04. The molecule has 0 saturated carbocycles. The summed E-state index contributed by atoms with van der Waals surface area (Å²) in [5.74, 6) is 1.37. The molecule has 1 aromatic rings. The number of hydrogen-bond acceptors (Lipinski definition) is 4. The normalized spacial score (nSPS) is 10.4. The molecular weight excluding hydrogens is 176 g/mol. The van der Waals surface area contributed by atoms with Crippen LogP contribution in [-0.4, -0.2) is 29.1 Å². The van der Waals surface area contributed by atoms with E-state index < -0.39 is 0 Å². The molecule has 66 valence electrons. The van der Waals surface area contributed by atoms with Crippen molar-refractivity contribution in [1.82, 2.24) is 15.0 Å². The molecule has 0 radical (unpaired) electrons. The molecule has 0 spiro atoms. The third-order valence-corrected chi connectivity index (χ3v) is 1.34. The van der Waals surface area contributed by atoms with Crippen LogP contribution in [0.1, 0.15) is 5.82 Å². The Kier molecular flexibility index (Phi) is 2.83. The standard InChI is InChI=1S/C7H11ClN4/c1-5-9-6(8)4-7(10-5)11-12(2)3/h4H,1-3H3,(H,9,10,11). The molecule has 0 amide bonds. The van der Waals surface area contributed by atoms with Crippen LogP contribution in [0, 0.1) is 6.92 Å². The molecule has 0 fully saturated rings. The monoisotopic (exact) mass is 186 g/mol. The Labute approximate surface area is 76.5 Å². The molecular formula is C7H11ClN4. The van der Waals surface area contributed by atoms with Gasteiger partial charge in [-0.2, -0.15) is 0 Å². The molecule has 0 saturated heterocycles. The van der Waals surface area contributed by atoms with Crippen LogP contribution in [0.25, 0.3) is 0 Å². The van der Waals surface area contributed by atoms with Gasteiger partial charge in [-0.05, 0) is 6.92 Å². The highest BCUT2D eigenvalue weighted by molar-refractivity contribution is 6.29. The molecule has 4 nitrogen and oxygen atoms in total. The van der Waals surface area contributed by atoms with Gasteiger partial charge in [0, 0.05) is 20.2 Å². The van der Waals surface area contributed by atoms with Crippen molar-refractivity contribution in [3.05, 3.63) is 17.0 Å². The van der Waals surface area contributed by atoms with Crippen LogP contribution in [-0.2, 0) is 0 Å². The van der Waals surface area contributed by atoms with Crippen LogP contribution in [0.15, 0.2) is 6.07 Å². The van der Waals surface area contributed by atoms with E-state index in [1.807, 2.05) is 14.1 Å². The maximum Gasteiger partial charge on any atom is 0.145 e. The van der Waals surface area contributed by atoms with E-state index in [2.05, 4.69) is 15.4 Å². The Balaban J connectivity index is 2.85. The lowest BCUT2D eigenvalue weighted by atomic mass is 10.5. The molecule has 0 aromatic carbocycles. The molecule has 0 bridgehead atoms. The number of nitrogens with zero attached hydrogens (tertiary/aromatic N) is 3. The van der Waals surface area contributed by atoms with Crippen LogP contribution in [0.5, 0.6) is 0 Å². The maximum atomic E-state index is 5.72. The summed E-state index contributed by atoms with van der Waals surface area (Å²) in [7, 11) is 3.76. The minimum atomic E-state index is 0.451. The zero-order valence-electron chi connectivity index (χ0n) is 7.30. The van der Waals surface area contributed by atoms with Gasteiger partial charge in [0.05, 0.1) is 0 Å². The lowest BCUT2D eigenvalue weighted by molar-refractivity contribution is 0.492. The molecule has 1 heterocycles. The third kappa shape index (κ3) is 2.64. The zero-order chi connectivity index (χ0) is 9.14. The first kappa shape index (κ1) is 9.22. The number of halogens is 1. The van der Waals surface area contributed by atoms with Crippen molar-refractivity contribution in [2.45, 2.75) is 6.92 Å². The largest absolute Gasteiger partial charge is 0.303 e. The highest BCUT2D eigenvalue weighted by atomic mass is 35.5. The second-order valence-electron chi connectivity index (χ2n) is 2.63. The molecule has 0 unspecified atom stereocenters. The highest BCUT2D eigenvalue weighted by Crippen LogP contribution is 2.10. The van der Waals surface area contributed by atoms with Crippen LogP contribution < -0.4 is 5.43 Å². The number of hydrogen-bond donors (Lipinski definition) is 1. The Morgan fingerprint density at radius 2 is 2.08 bits per heavy atom. The Morgan fingerprint density at radius 1 is 1.42 bits per heavy atom. The number of hydrazine groups is 1. The lowest BCUT2D eigenvalue weighted by Gasteiger charge is -2.12. The van der Waals surface area contributed by atoms with Gasteiger partial charge in [0.1, 0.15) is 16.8 Å². The van der Waals surface area contributed by atoms with E-state index in [-0.39, 0.29) is 0 Å². The number of rotatable bonds is 2. The minimum Gasteiger partial charge on any atom is -0.303 e. The van der Waals surface area contributed by atoms with Gasteiger partial charge in [-0.1, -0.05) is 11.6 Å². The van der Waals surface area contributed by atoms with Crippen molar-refractivity contribution in [2.24, 2.45) is 0 Å². The fraction of sp³-hybridized carbons (Fsp3) is 0.429. The van der Waals surface area contributed by atoms with E-state index in [0.717, 1.165) is 0 Å². The van der Waals surface area contributed by atoms with Gasteiger partial charge in [0.2, 0.25) is 0 Å². The van der Waals surface area contributed by atoms with E-state index in [9.17, 15) is 0 Å². The predicted molar refractivity (Wildman–Crippen MR) is 49.1 cm³/mol. The summed E-state index contributed by atoms with van der Waals surface area (Å²) >= 11 is 5.72. The van der Waals surface area contributed by atoms with E-state index >= 15 is 0 Å². The topological polar surface area (TPSA) is 41.1 Å². The second-order valence-corrected chi connectivity index (χ2v) is 3.02. The number of aromatic nitrogens is 2. The van der Waals surface area contributed by atoms with Crippen LogP contribution >= 0.6 is 11.6 Å². The van der Waals surface area contributed by atoms with Crippen molar-refractivity contribution in [3.63, 3.8) is 0 Å². The summed E-state index contributed by atoms with van der Waals surface area (Å²) < 4.78 is 0. The average Bonchev–Trinajstić information content (AvgIpc) is 1.81. The van der Waals surface area contributed by atoms with Crippen LogP contribution in [0.2, 0.25) is 5.15 Å². The number of nitrogens with one attached hydrogen (secondary N) is 1. The molecule has 0 aliphatic rings. The Morgan fingerprint density at radius 3 is 2.58 bits per heavy atom. The van der Waals surface area contributed by atoms with E-state index in [1.54, 1.807) is 18.0 Å². The van der Waals surface area contributed by atoms with Gasteiger partial charge < -0.3 is 5.43 Å². The van der Waals surface area contributed by atoms with Crippen molar-refractivity contribution in [2.75, 3.05) is 19.5 Å². The van der Waals surface area contributed by atoms with Crippen molar-refractivity contribution in [1.29, 1.82) is 0 Å². The first-order valence-corrected chi connectivity index (χ1v) is 3.91. The van der Waals surface area contributed by atoms with Gasteiger partial charge in [-0.25, -0.2) is 15.0 Å². The summed E-state index contributed by atoms with van der Waals surface area (Å²) in [5.41, 5.74) is 2.98. The highest BCUT2D eigenvalue weighted by Gasteiger charge is 1.99. The summed E-state index contributed by atoms with van der Waals surface area (Å²) in [6.07, 6.45) is 0. The second kappa shape index (κ2) is 3.69. The molecule has 1 rings (SSSR count). The Bertz CT molecular complexity index is 254. The molecule has 0 aliphatic heterocycles. The van der Waals surface area contributed by atoms with Crippen LogP contribution in [0.4, 0.5) is 5.82 Å². The molecule has 5 heteroatoms. The van der Waals surface area contributed by atoms with Gasteiger partial charge in [0.15, 0.2) is 0 Å². The summed E-state index contributed by atoms with van der Waals surface area (Å²) in [4.78, 5) is 8.06. The minimum absolute atomic E-state index is 0.451. The zero-order valence-corrected chi connectivity index (χ0v) is 8.05. The number of anilines is 1. The van der Waals surface area contributed by atoms with E-state index in [1.165, 1.54) is 0 Å². The average molecular weight is 187 g/mol. The number of aryl methyl sites for hydroxylation is 1. The van der Waals surface area contributed by atoms with Gasteiger partial charge in [-0.3, -0.25) is 0 Å². The molecule has 0 atom stereocenters. The first-order valence-electron chi connectivity index (χ1n) is 3.53. The SMILES string of the molecule is Cc1nc(Cl)cc(NN(C)C)n1. The lowest BCUT2D eigenvalue weighted by Crippen LogP contribution is -2.20. The molecule has 12 heavy (non-hydrogen) atoms. The van der Waals surface area contributed by atoms with Gasteiger partial charge in [0.25, 0.3) is 0 Å². The van der Waals surface area contributed by atoms with Crippen molar-refractivity contribution < 1.29 is 0 Å². The van der Waals surface area contributed by atoms with Crippen molar-refractivity contribution in [3.8, 4) is 0 Å². The smallest absolute Gasteiger partial charge is 0.145 e. The van der Waals surface area contributed by atoms with Gasteiger partial charge in [-0.15, -0.1) is 0 Å². The molecule has 1 aromatic heterocycles. The van der Waals surface area contributed by atoms with E-state index in [0.29, 0.717) is 16.8 Å². The molecule has 1 N–H and O–H groups in total. The summed E-state index contributed by atoms with van der Waals surface area (Å²) in [5, 5.41) is 2.24. The fourth-order valence-electron chi connectivity index (χ4n) is 0.818. The van der Waals surface area contributed by atoms with Crippen molar-refractivity contribution >= 4 is 17.4 Å². The third-order valence-electron chi connectivity index (χ3n) is 1.14. The van der Waals surface area contributed by atoms with Crippen LogP contribution in [0.3, 0.4) is 0 Å². The van der Waals surface area contributed by atoms with Gasteiger partial charge >= 0.3 is 0 Å². The molecule has 0 aliphatic carbocycles.